The topological polar surface area (TPSA) is 223 Å². The molecule has 0 saturated carbocycles. The molecule has 228 valence electrons. The van der Waals surface area contributed by atoms with Crippen molar-refractivity contribution in [3.8, 4) is 5.75 Å². The summed E-state index contributed by atoms with van der Waals surface area (Å²) in [5.74, 6) is -3.70. The molecule has 0 saturated heterocycles. The summed E-state index contributed by atoms with van der Waals surface area (Å²) in [5.41, 5.74) is 6.66. The van der Waals surface area contributed by atoms with Crippen LogP contribution in [0.2, 0.25) is 0 Å². The molecule has 42 heavy (non-hydrogen) atoms. The zero-order valence-corrected chi connectivity index (χ0v) is 23.4. The number of aliphatic hydroxyl groups excluding tert-OH is 2. The Morgan fingerprint density at radius 1 is 0.786 bits per heavy atom. The van der Waals surface area contributed by atoms with Crippen molar-refractivity contribution in [3.05, 3.63) is 65.7 Å². The van der Waals surface area contributed by atoms with E-state index in [2.05, 4.69) is 21.3 Å². The van der Waals surface area contributed by atoms with Gasteiger partial charge in [-0.05, 0) is 36.7 Å². The molecule has 0 aromatic heterocycles. The summed E-state index contributed by atoms with van der Waals surface area (Å²) in [5, 5.41) is 38.5. The highest BCUT2D eigenvalue weighted by Gasteiger charge is 2.31. The number of hydrogen-bond acceptors (Lipinski definition) is 9. The fourth-order valence-electron chi connectivity index (χ4n) is 3.96. The fraction of sp³-hybridized carbons (Fsp3) is 0.393. The summed E-state index contributed by atoms with van der Waals surface area (Å²) in [7, 11) is 2.90. The molecule has 5 amide bonds. The van der Waals surface area contributed by atoms with Crippen LogP contribution in [0.25, 0.3) is 0 Å². The number of benzene rings is 2. The second kappa shape index (κ2) is 16.7. The number of nitrogens with zero attached hydrogens (tertiary/aromatic N) is 1. The van der Waals surface area contributed by atoms with E-state index < -0.39 is 73.5 Å². The molecule has 4 atom stereocenters. The summed E-state index contributed by atoms with van der Waals surface area (Å²) >= 11 is 0. The van der Waals surface area contributed by atoms with Gasteiger partial charge in [-0.15, -0.1) is 0 Å². The number of aromatic hydroxyl groups is 1. The maximum Gasteiger partial charge on any atom is 0.245 e. The van der Waals surface area contributed by atoms with Crippen LogP contribution in [0.5, 0.6) is 5.75 Å². The fourth-order valence-corrected chi connectivity index (χ4v) is 3.96. The Morgan fingerprint density at radius 2 is 1.36 bits per heavy atom. The van der Waals surface area contributed by atoms with Crippen LogP contribution >= 0.6 is 0 Å². The number of nitrogens with one attached hydrogen (secondary N) is 4. The molecule has 0 bridgehead atoms. The molecule has 14 heteroatoms. The van der Waals surface area contributed by atoms with Crippen LogP contribution in [-0.2, 0) is 36.8 Å². The van der Waals surface area contributed by atoms with Crippen LogP contribution < -0.4 is 27.0 Å². The van der Waals surface area contributed by atoms with E-state index in [1.165, 1.54) is 19.2 Å². The first-order chi connectivity index (χ1) is 20.0. The molecule has 9 N–H and O–H groups in total. The molecule has 2 aromatic rings. The predicted octanol–water partition coefficient (Wildman–Crippen LogP) is -2.85. The largest absolute Gasteiger partial charge is 0.508 e. The second-order valence-electron chi connectivity index (χ2n) is 9.53. The third kappa shape index (κ3) is 10.1. The number of phenolic OH excluding ortho intramolecular Hbond substituents is 1. The zero-order valence-electron chi connectivity index (χ0n) is 23.4. The van der Waals surface area contributed by atoms with Crippen LogP contribution in [0.4, 0.5) is 0 Å². The number of likely N-dealkylation sites (N-methyl/N-ethyl adjacent to an activating group) is 2. The van der Waals surface area contributed by atoms with Gasteiger partial charge in [-0.2, -0.15) is 0 Å². The monoisotopic (exact) mass is 586 g/mol. The number of primary amides is 1. The summed E-state index contributed by atoms with van der Waals surface area (Å²) in [6.45, 7) is -2.04. The van der Waals surface area contributed by atoms with Crippen LogP contribution in [0, 0.1) is 0 Å². The molecule has 0 spiro atoms. The number of aliphatic hydroxyl groups is 2. The average molecular weight is 587 g/mol. The quantitative estimate of drug-likeness (QED) is 0.101. The van der Waals surface area contributed by atoms with E-state index in [4.69, 9.17) is 5.73 Å². The average Bonchev–Trinajstić information content (AvgIpc) is 2.99. The molecule has 0 fully saturated rings. The van der Waals surface area contributed by atoms with Crippen molar-refractivity contribution in [2.75, 3.05) is 33.9 Å². The number of carbonyl (C=O) groups is 5. The Kier molecular flexibility index (Phi) is 13.4. The lowest BCUT2D eigenvalue weighted by atomic mass is 10.0. The van der Waals surface area contributed by atoms with Gasteiger partial charge in [0, 0.05) is 13.5 Å². The SMILES string of the molecule is CNC(Cc1ccc(O)cc1)C(=O)N[C@H](CO)C(=O)NCC(=O)N(C)C(Cc1ccccc1)C(=O)N[C@H](CO)C(N)=O. The minimum absolute atomic E-state index is 0.0571. The second-order valence-corrected chi connectivity index (χ2v) is 9.53. The number of rotatable bonds is 16. The highest BCUT2D eigenvalue weighted by atomic mass is 16.3. The molecular formula is C28H38N6O8. The Hall–Kier alpha value is -4.53. The van der Waals surface area contributed by atoms with E-state index in [-0.39, 0.29) is 18.6 Å². The van der Waals surface area contributed by atoms with Crippen LogP contribution in [-0.4, -0.2) is 108 Å². The van der Waals surface area contributed by atoms with Gasteiger partial charge in [-0.25, -0.2) is 0 Å². The molecule has 0 aliphatic carbocycles. The van der Waals surface area contributed by atoms with E-state index in [1.54, 1.807) is 49.5 Å². The van der Waals surface area contributed by atoms with Crippen molar-refractivity contribution in [3.63, 3.8) is 0 Å². The van der Waals surface area contributed by atoms with Gasteiger partial charge in [0.2, 0.25) is 29.5 Å². The van der Waals surface area contributed by atoms with Gasteiger partial charge in [0.1, 0.15) is 23.9 Å². The number of amides is 5. The number of phenols is 1. The lowest BCUT2D eigenvalue weighted by Crippen LogP contribution is -2.57. The van der Waals surface area contributed by atoms with E-state index in [0.29, 0.717) is 5.56 Å². The predicted molar refractivity (Wildman–Crippen MR) is 152 cm³/mol. The maximum atomic E-state index is 13.0. The van der Waals surface area contributed by atoms with Gasteiger partial charge in [0.15, 0.2) is 0 Å². The molecule has 14 nitrogen and oxygen atoms in total. The van der Waals surface area contributed by atoms with Crippen LogP contribution in [0.3, 0.4) is 0 Å². The van der Waals surface area contributed by atoms with Gasteiger partial charge in [-0.1, -0.05) is 42.5 Å². The Labute approximate surface area is 243 Å². The standard InChI is InChI=1S/C28H38N6O8/c1-30-20(12-18-8-10-19(37)11-9-18)27(41)33-22(16-36)26(40)31-14-24(38)34(2)23(13-17-6-4-3-5-7-17)28(42)32-21(15-35)25(29)39/h3-11,20-23,30,35-37H,12-16H2,1-2H3,(H2,29,39)(H,31,40)(H,32,42)(H,33,41)/t20?,21-,22-,23?/m1/s1. The van der Waals surface area contributed by atoms with Gasteiger partial charge < -0.3 is 47.2 Å². The molecule has 2 unspecified atom stereocenters. The van der Waals surface area contributed by atoms with E-state index in [9.17, 15) is 39.3 Å². The van der Waals surface area contributed by atoms with Gasteiger partial charge >= 0.3 is 0 Å². The van der Waals surface area contributed by atoms with E-state index >= 15 is 0 Å². The normalized spacial score (nSPS) is 13.6. The Balaban J connectivity index is 2.04. The maximum absolute atomic E-state index is 13.0. The van der Waals surface area contributed by atoms with Crippen molar-refractivity contribution < 1.29 is 39.3 Å². The van der Waals surface area contributed by atoms with Crippen molar-refractivity contribution in [2.24, 2.45) is 5.73 Å². The summed E-state index contributed by atoms with van der Waals surface area (Å²) in [4.78, 5) is 64.1. The highest BCUT2D eigenvalue weighted by molar-refractivity contribution is 5.94. The summed E-state index contributed by atoms with van der Waals surface area (Å²) in [6, 6.07) is 10.4. The molecule has 2 rings (SSSR count). The van der Waals surface area contributed by atoms with Gasteiger partial charge in [0.05, 0.1) is 25.8 Å². The van der Waals surface area contributed by atoms with Crippen molar-refractivity contribution in [1.29, 1.82) is 0 Å². The number of carbonyl (C=O) groups excluding carboxylic acids is 5. The van der Waals surface area contributed by atoms with Crippen LogP contribution in [0.1, 0.15) is 11.1 Å². The first kappa shape index (κ1) is 33.7. The Bertz CT molecular complexity index is 1210. The highest BCUT2D eigenvalue weighted by Crippen LogP contribution is 2.12. The lowest BCUT2D eigenvalue weighted by Gasteiger charge is -2.29. The van der Waals surface area contributed by atoms with Gasteiger partial charge in [0.25, 0.3) is 0 Å². The third-order valence-electron chi connectivity index (χ3n) is 6.55. The van der Waals surface area contributed by atoms with E-state index in [0.717, 1.165) is 10.5 Å². The number of nitrogens with two attached hydrogens (primary N) is 1. The first-order valence-corrected chi connectivity index (χ1v) is 13.1. The van der Waals surface area contributed by atoms with Gasteiger partial charge in [-0.3, -0.25) is 24.0 Å². The van der Waals surface area contributed by atoms with Crippen molar-refractivity contribution in [2.45, 2.75) is 37.0 Å². The Morgan fingerprint density at radius 3 is 1.90 bits per heavy atom. The van der Waals surface area contributed by atoms with Crippen molar-refractivity contribution >= 4 is 29.5 Å². The third-order valence-corrected chi connectivity index (χ3v) is 6.55. The zero-order chi connectivity index (χ0) is 31.2. The molecule has 0 radical (unpaired) electrons. The van der Waals surface area contributed by atoms with Crippen LogP contribution in [0.15, 0.2) is 54.6 Å². The molecule has 0 heterocycles. The molecular weight excluding hydrogens is 548 g/mol. The summed E-state index contributed by atoms with van der Waals surface area (Å²) < 4.78 is 0. The summed E-state index contributed by atoms with van der Waals surface area (Å²) in [6.07, 6.45) is 0.297. The smallest absolute Gasteiger partial charge is 0.245 e. The number of hydrogen-bond donors (Lipinski definition) is 8. The molecule has 0 aliphatic heterocycles. The lowest BCUT2D eigenvalue weighted by molar-refractivity contribution is -0.140. The minimum Gasteiger partial charge on any atom is -0.508 e. The minimum atomic E-state index is -1.37. The van der Waals surface area contributed by atoms with E-state index in [1.807, 2.05) is 0 Å². The molecule has 0 aliphatic rings. The first-order valence-electron chi connectivity index (χ1n) is 13.1. The molecule has 2 aromatic carbocycles. The van der Waals surface area contributed by atoms with Crippen molar-refractivity contribution in [1.82, 2.24) is 26.2 Å².